The van der Waals surface area contributed by atoms with E-state index in [-0.39, 0.29) is 5.92 Å². The third kappa shape index (κ3) is 2.46. The Balaban J connectivity index is 2.25. The minimum absolute atomic E-state index is 0.0967. The number of ether oxygens (including phenoxy) is 1. The Labute approximate surface area is 97.7 Å². The van der Waals surface area contributed by atoms with E-state index in [1.807, 2.05) is 23.6 Å². The summed E-state index contributed by atoms with van der Waals surface area (Å²) in [5.74, 6) is 0.0967. The van der Waals surface area contributed by atoms with Crippen LogP contribution < -0.4 is 0 Å². The molecule has 0 aliphatic carbocycles. The molecule has 0 saturated heterocycles. The van der Waals surface area contributed by atoms with Gasteiger partial charge in [0.05, 0.1) is 0 Å². The smallest absolute Gasteiger partial charge is 0.293 e. The Morgan fingerprint density at radius 3 is 2.75 bits per heavy atom. The van der Waals surface area contributed by atoms with Crippen LogP contribution in [0.2, 0.25) is 0 Å². The van der Waals surface area contributed by atoms with E-state index in [1.165, 1.54) is 0 Å². The molecule has 0 radical (unpaired) electrons. The third-order valence-corrected chi connectivity index (χ3v) is 3.09. The van der Waals surface area contributed by atoms with E-state index in [0.717, 1.165) is 11.1 Å². The predicted octanol–water partition coefficient (Wildman–Crippen LogP) is 2.45. The Kier molecular flexibility index (Phi) is 3.66. The molecule has 1 unspecified atom stereocenters. The molecule has 0 bridgehead atoms. The molecule has 1 atom stereocenters. The number of hydrogen-bond donors (Lipinski definition) is 0. The molecule has 0 spiro atoms. The van der Waals surface area contributed by atoms with E-state index >= 15 is 0 Å². The molecule has 82 valence electrons. The molecule has 0 fully saturated rings. The van der Waals surface area contributed by atoms with Crippen LogP contribution in [0.3, 0.4) is 0 Å². The molecule has 0 N–H and O–H groups in total. The molecule has 2 rings (SSSR count). The summed E-state index contributed by atoms with van der Waals surface area (Å²) in [6, 6.07) is 5.93. The fourth-order valence-electron chi connectivity index (χ4n) is 1.59. The van der Waals surface area contributed by atoms with Gasteiger partial charge in [-0.3, -0.25) is 9.78 Å². The van der Waals surface area contributed by atoms with Crippen molar-refractivity contribution >= 4 is 17.8 Å². The average Bonchev–Trinajstić information content (AvgIpc) is 2.85. The van der Waals surface area contributed by atoms with Crippen LogP contribution in [-0.4, -0.2) is 18.1 Å². The summed E-state index contributed by atoms with van der Waals surface area (Å²) in [5, 5.41) is 4.09. The van der Waals surface area contributed by atoms with E-state index in [4.69, 9.17) is 4.74 Å². The first-order chi connectivity index (χ1) is 7.92. The van der Waals surface area contributed by atoms with Crippen LogP contribution in [0.4, 0.5) is 0 Å². The van der Waals surface area contributed by atoms with Gasteiger partial charge in [0.15, 0.2) is 0 Å². The van der Waals surface area contributed by atoms with Gasteiger partial charge < -0.3 is 4.74 Å². The van der Waals surface area contributed by atoms with E-state index < -0.39 is 0 Å². The number of aromatic nitrogens is 1. The number of carbonyl (C=O) groups is 1. The molecule has 3 nitrogen and oxygen atoms in total. The quantitative estimate of drug-likeness (QED) is 0.745. The highest BCUT2D eigenvalue weighted by atomic mass is 32.1. The van der Waals surface area contributed by atoms with Crippen LogP contribution in [0.15, 0.2) is 41.4 Å². The standard InChI is InChI=1S/C12H11NO2S/c14-9-15-7-12(11-3-6-16-8-11)10-1-4-13-5-2-10/h1-6,8-9,12H,7H2. The van der Waals surface area contributed by atoms with E-state index in [2.05, 4.69) is 10.4 Å². The van der Waals surface area contributed by atoms with Gasteiger partial charge in [0.1, 0.15) is 6.61 Å². The zero-order valence-electron chi connectivity index (χ0n) is 8.58. The topological polar surface area (TPSA) is 39.2 Å². The average molecular weight is 233 g/mol. The highest BCUT2D eigenvalue weighted by Gasteiger charge is 2.14. The molecule has 2 aromatic heterocycles. The molecule has 16 heavy (non-hydrogen) atoms. The molecule has 0 saturated carbocycles. The molecule has 2 heterocycles. The van der Waals surface area contributed by atoms with Crippen LogP contribution in [0.25, 0.3) is 0 Å². The normalized spacial score (nSPS) is 12.0. The highest BCUT2D eigenvalue weighted by molar-refractivity contribution is 7.08. The van der Waals surface area contributed by atoms with Crippen molar-refractivity contribution in [3.05, 3.63) is 52.5 Å². The van der Waals surface area contributed by atoms with Gasteiger partial charge >= 0.3 is 0 Å². The van der Waals surface area contributed by atoms with Crippen LogP contribution >= 0.6 is 11.3 Å². The van der Waals surface area contributed by atoms with Gasteiger partial charge in [-0.1, -0.05) is 0 Å². The lowest BCUT2D eigenvalue weighted by Crippen LogP contribution is -2.08. The second-order valence-corrected chi connectivity index (χ2v) is 4.10. The van der Waals surface area contributed by atoms with Crippen molar-refractivity contribution in [2.45, 2.75) is 5.92 Å². The van der Waals surface area contributed by atoms with Crippen LogP contribution in [0, 0.1) is 0 Å². The summed E-state index contributed by atoms with van der Waals surface area (Å²) in [5.41, 5.74) is 2.27. The molecule has 0 amide bonds. The van der Waals surface area contributed by atoms with Crippen LogP contribution in [0.1, 0.15) is 17.0 Å². The van der Waals surface area contributed by atoms with Crippen molar-refractivity contribution in [2.75, 3.05) is 6.61 Å². The number of hydrogen-bond acceptors (Lipinski definition) is 4. The lowest BCUT2D eigenvalue weighted by Gasteiger charge is -2.14. The summed E-state index contributed by atoms with van der Waals surface area (Å²) < 4.78 is 4.88. The Hall–Kier alpha value is -1.68. The number of rotatable bonds is 5. The Morgan fingerprint density at radius 1 is 1.31 bits per heavy atom. The van der Waals surface area contributed by atoms with Gasteiger partial charge in [-0.25, -0.2) is 0 Å². The predicted molar refractivity (Wildman–Crippen MR) is 62.4 cm³/mol. The van der Waals surface area contributed by atoms with Crippen LogP contribution in [-0.2, 0) is 9.53 Å². The molecule has 2 aromatic rings. The van der Waals surface area contributed by atoms with Crippen molar-refractivity contribution in [3.63, 3.8) is 0 Å². The molecular formula is C12H11NO2S. The van der Waals surface area contributed by atoms with Crippen molar-refractivity contribution in [1.29, 1.82) is 0 Å². The number of carbonyl (C=O) groups excluding carboxylic acids is 1. The Morgan fingerprint density at radius 2 is 2.12 bits per heavy atom. The van der Waals surface area contributed by atoms with Crippen molar-refractivity contribution in [1.82, 2.24) is 4.98 Å². The van der Waals surface area contributed by atoms with Crippen LogP contribution in [0.5, 0.6) is 0 Å². The monoisotopic (exact) mass is 233 g/mol. The summed E-state index contributed by atoms with van der Waals surface area (Å²) in [4.78, 5) is 14.3. The molecule has 0 aliphatic heterocycles. The zero-order chi connectivity index (χ0) is 11.2. The molecule has 0 aliphatic rings. The van der Waals surface area contributed by atoms with Crippen molar-refractivity contribution < 1.29 is 9.53 Å². The first-order valence-corrected chi connectivity index (χ1v) is 5.83. The zero-order valence-corrected chi connectivity index (χ0v) is 9.39. The third-order valence-electron chi connectivity index (χ3n) is 2.38. The summed E-state index contributed by atoms with van der Waals surface area (Å²) in [7, 11) is 0. The first-order valence-electron chi connectivity index (χ1n) is 4.89. The van der Waals surface area contributed by atoms with Gasteiger partial charge in [-0.15, -0.1) is 0 Å². The highest BCUT2D eigenvalue weighted by Crippen LogP contribution is 2.26. The summed E-state index contributed by atoms with van der Waals surface area (Å²) >= 11 is 1.64. The number of thiophene rings is 1. The summed E-state index contributed by atoms with van der Waals surface area (Å²) in [6.45, 7) is 0.852. The minimum Gasteiger partial charge on any atom is -0.467 e. The van der Waals surface area contributed by atoms with E-state index in [1.54, 1.807) is 23.7 Å². The Bertz CT molecular complexity index is 428. The molecule has 4 heteroatoms. The van der Waals surface area contributed by atoms with Crippen molar-refractivity contribution in [3.8, 4) is 0 Å². The second-order valence-electron chi connectivity index (χ2n) is 3.32. The maximum Gasteiger partial charge on any atom is 0.293 e. The van der Waals surface area contributed by atoms with Gasteiger partial charge in [-0.2, -0.15) is 11.3 Å². The van der Waals surface area contributed by atoms with Crippen molar-refractivity contribution in [2.24, 2.45) is 0 Å². The maximum atomic E-state index is 10.3. The van der Waals surface area contributed by atoms with Gasteiger partial charge in [0.2, 0.25) is 0 Å². The van der Waals surface area contributed by atoms with Gasteiger partial charge in [0.25, 0.3) is 6.47 Å². The van der Waals surface area contributed by atoms with E-state index in [9.17, 15) is 4.79 Å². The minimum atomic E-state index is 0.0967. The molecular weight excluding hydrogens is 222 g/mol. The number of pyridine rings is 1. The molecule has 0 aromatic carbocycles. The maximum absolute atomic E-state index is 10.3. The van der Waals surface area contributed by atoms with E-state index in [0.29, 0.717) is 13.1 Å². The fourth-order valence-corrected chi connectivity index (χ4v) is 2.30. The van der Waals surface area contributed by atoms with Gasteiger partial charge in [0, 0.05) is 18.3 Å². The van der Waals surface area contributed by atoms with Gasteiger partial charge in [-0.05, 0) is 40.1 Å². The number of nitrogens with zero attached hydrogens (tertiary/aromatic N) is 1. The lowest BCUT2D eigenvalue weighted by atomic mass is 9.95. The first kappa shape index (κ1) is 10.8. The summed E-state index contributed by atoms with van der Waals surface area (Å²) in [6.07, 6.45) is 3.49. The fraction of sp³-hybridized carbons (Fsp3) is 0.167. The lowest BCUT2D eigenvalue weighted by molar-refractivity contribution is -0.128. The largest absolute Gasteiger partial charge is 0.467 e. The SMILES string of the molecule is O=COCC(c1ccncc1)c1ccsc1. The second kappa shape index (κ2) is 5.42.